The zero-order valence-electron chi connectivity index (χ0n) is 19.3. The van der Waals surface area contributed by atoms with Gasteiger partial charge in [-0.25, -0.2) is 0 Å². The van der Waals surface area contributed by atoms with Gasteiger partial charge in [-0.15, -0.1) is 10.2 Å². The number of carbonyl (C=O) groups excluding carboxylic acids is 1. The fraction of sp³-hybridized carbons (Fsp3) is 0.400. The van der Waals surface area contributed by atoms with Crippen LogP contribution in [-0.4, -0.2) is 55.9 Å². The number of piperazine rings is 1. The van der Waals surface area contributed by atoms with Crippen LogP contribution in [0.2, 0.25) is 5.02 Å². The van der Waals surface area contributed by atoms with Crippen molar-refractivity contribution in [3.05, 3.63) is 53.2 Å². The molecule has 1 aliphatic heterocycles. The number of rotatable bonds is 7. The lowest BCUT2D eigenvalue weighted by molar-refractivity contribution is 0.0948. The fourth-order valence-corrected chi connectivity index (χ4v) is 4.28. The summed E-state index contributed by atoms with van der Waals surface area (Å²) in [5.41, 5.74) is 1.37. The Labute approximate surface area is 199 Å². The quantitative estimate of drug-likeness (QED) is 0.555. The van der Waals surface area contributed by atoms with Crippen LogP contribution < -0.4 is 19.9 Å². The number of hydrogen-bond donors (Lipinski definition) is 1. The first-order chi connectivity index (χ1) is 16.0. The number of halogens is 1. The van der Waals surface area contributed by atoms with Gasteiger partial charge in [-0.2, -0.15) is 0 Å². The molecule has 0 spiro atoms. The third kappa shape index (κ3) is 5.14. The molecule has 3 aromatic rings. The minimum Gasteiger partial charge on any atom is -0.495 e. The third-order valence-electron chi connectivity index (χ3n) is 5.95. The number of aromatic nitrogens is 2. The number of benzene rings is 2. The number of fused-ring (bicyclic) bond motifs is 1. The highest BCUT2D eigenvalue weighted by Crippen LogP contribution is 2.33. The van der Waals surface area contributed by atoms with E-state index < -0.39 is 0 Å². The molecule has 0 saturated carbocycles. The highest BCUT2D eigenvalue weighted by Gasteiger charge is 2.24. The summed E-state index contributed by atoms with van der Waals surface area (Å²) >= 11 is 6.23. The average Bonchev–Trinajstić information content (AvgIpc) is 2.83. The molecule has 0 atom stereocenters. The van der Waals surface area contributed by atoms with Gasteiger partial charge in [0.2, 0.25) is 0 Å². The predicted octanol–water partition coefficient (Wildman–Crippen LogP) is 4.39. The lowest BCUT2D eigenvalue weighted by Crippen LogP contribution is -2.47. The molecule has 1 amide bonds. The Hall–Kier alpha value is -3.06. The van der Waals surface area contributed by atoms with Crippen LogP contribution in [0.4, 0.5) is 11.5 Å². The Morgan fingerprint density at radius 1 is 1.06 bits per heavy atom. The summed E-state index contributed by atoms with van der Waals surface area (Å²) in [7, 11) is 1.67. The molecule has 1 saturated heterocycles. The van der Waals surface area contributed by atoms with Gasteiger partial charge in [0.05, 0.1) is 12.8 Å². The lowest BCUT2D eigenvalue weighted by Gasteiger charge is -2.37. The van der Waals surface area contributed by atoms with Gasteiger partial charge in [0, 0.05) is 48.5 Å². The van der Waals surface area contributed by atoms with Crippen LogP contribution in [0.1, 0.15) is 30.8 Å². The van der Waals surface area contributed by atoms with Crippen molar-refractivity contribution in [3.63, 3.8) is 0 Å². The molecular weight excluding hydrogens is 438 g/mol. The number of hydrogen-bond acceptors (Lipinski definition) is 6. The van der Waals surface area contributed by atoms with Gasteiger partial charge in [-0.3, -0.25) is 4.79 Å². The van der Waals surface area contributed by atoms with E-state index in [0.29, 0.717) is 23.2 Å². The van der Waals surface area contributed by atoms with Gasteiger partial charge < -0.3 is 19.9 Å². The molecule has 0 aliphatic carbocycles. The van der Waals surface area contributed by atoms with Crippen molar-refractivity contribution in [2.75, 3.05) is 49.6 Å². The zero-order chi connectivity index (χ0) is 23.4. The molecule has 33 heavy (non-hydrogen) atoms. The van der Waals surface area contributed by atoms with Crippen molar-refractivity contribution >= 4 is 39.8 Å². The molecule has 4 rings (SSSR count). The molecule has 2 aromatic carbocycles. The number of anilines is 2. The Kier molecular flexibility index (Phi) is 7.18. The zero-order valence-corrected chi connectivity index (χ0v) is 20.1. The van der Waals surface area contributed by atoms with E-state index in [-0.39, 0.29) is 5.91 Å². The smallest absolute Gasteiger partial charge is 0.272 e. The first-order valence-corrected chi connectivity index (χ1v) is 11.7. The van der Waals surface area contributed by atoms with Gasteiger partial charge in [0.15, 0.2) is 11.5 Å². The summed E-state index contributed by atoms with van der Waals surface area (Å²) < 4.78 is 5.53. The number of nitrogens with one attached hydrogen (secondary N) is 1. The summed E-state index contributed by atoms with van der Waals surface area (Å²) in [6, 6.07) is 13.5. The SMILES string of the molecule is COc1ccc(Cl)cc1N1CCN(c2nnc(C(=O)NCCC(C)C)c3ccccc23)CC1. The van der Waals surface area contributed by atoms with Crippen molar-refractivity contribution in [2.24, 2.45) is 5.92 Å². The van der Waals surface area contributed by atoms with Crippen LogP contribution in [0.5, 0.6) is 5.75 Å². The summed E-state index contributed by atoms with van der Waals surface area (Å²) in [6.45, 7) is 8.04. The first kappa shape index (κ1) is 23.1. The number of methoxy groups -OCH3 is 1. The van der Waals surface area contributed by atoms with Crippen LogP contribution in [0.15, 0.2) is 42.5 Å². The molecule has 0 radical (unpaired) electrons. The summed E-state index contributed by atoms with van der Waals surface area (Å²) in [6.07, 6.45) is 0.927. The maximum atomic E-state index is 12.8. The van der Waals surface area contributed by atoms with Gasteiger partial charge in [0.1, 0.15) is 5.75 Å². The van der Waals surface area contributed by atoms with E-state index in [1.54, 1.807) is 7.11 Å². The minimum absolute atomic E-state index is 0.177. The van der Waals surface area contributed by atoms with E-state index in [1.165, 1.54) is 0 Å². The molecular formula is C25H30ClN5O2. The molecule has 1 fully saturated rings. The van der Waals surface area contributed by atoms with Crippen LogP contribution in [0.3, 0.4) is 0 Å². The van der Waals surface area contributed by atoms with Crippen molar-refractivity contribution in [3.8, 4) is 5.75 Å². The standard InChI is InChI=1S/C25H30ClN5O2/c1-17(2)10-11-27-25(32)23-19-6-4-5-7-20(19)24(29-28-23)31-14-12-30(13-15-31)21-16-18(26)8-9-22(21)33-3/h4-9,16-17H,10-15H2,1-3H3,(H,27,32). The number of amides is 1. The van der Waals surface area contributed by atoms with E-state index >= 15 is 0 Å². The fourth-order valence-electron chi connectivity index (χ4n) is 4.12. The summed E-state index contributed by atoms with van der Waals surface area (Å²) in [4.78, 5) is 17.3. The second-order valence-corrected chi connectivity index (χ2v) is 9.08. The second kappa shape index (κ2) is 10.3. The lowest BCUT2D eigenvalue weighted by atomic mass is 10.1. The maximum Gasteiger partial charge on any atom is 0.272 e. The first-order valence-electron chi connectivity index (χ1n) is 11.3. The highest BCUT2D eigenvalue weighted by molar-refractivity contribution is 6.31. The molecule has 174 valence electrons. The van der Waals surface area contributed by atoms with Crippen LogP contribution in [-0.2, 0) is 0 Å². The molecule has 0 unspecified atom stereocenters. The van der Waals surface area contributed by atoms with Gasteiger partial charge >= 0.3 is 0 Å². The Bertz CT molecular complexity index is 1130. The topological polar surface area (TPSA) is 70.6 Å². The van der Waals surface area contributed by atoms with Crippen molar-refractivity contribution < 1.29 is 9.53 Å². The van der Waals surface area contributed by atoms with Crippen LogP contribution in [0.25, 0.3) is 10.8 Å². The second-order valence-electron chi connectivity index (χ2n) is 8.65. The van der Waals surface area contributed by atoms with Gasteiger partial charge in [-0.1, -0.05) is 49.7 Å². The van der Waals surface area contributed by atoms with E-state index in [1.807, 2.05) is 42.5 Å². The molecule has 1 aliphatic rings. The summed E-state index contributed by atoms with van der Waals surface area (Å²) in [5.74, 6) is 1.97. The molecule has 0 bridgehead atoms. The van der Waals surface area contributed by atoms with Crippen molar-refractivity contribution in [1.82, 2.24) is 15.5 Å². The Balaban J connectivity index is 1.53. The van der Waals surface area contributed by atoms with E-state index in [2.05, 4.69) is 39.2 Å². The number of nitrogens with zero attached hydrogens (tertiary/aromatic N) is 4. The highest BCUT2D eigenvalue weighted by atomic mass is 35.5. The molecule has 2 heterocycles. The number of carbonyl (C=O) groups is 1. The minimum atomic E-state index is -0.177. The summed E-state index contributed by atoms with van der Waals surface area (Å²) in [5, 5.41) is 14.3. The molecule has 8 heteroatoms. The normalized spacial score (nSPS) is 14.1. The monoisotopic (exact) mass is 467 g/mol. The molecule has 1 aromatic heterocycles. The number of ether oxygens (including phenoxy) is 1. The van der Waals surface area contributed by atoms with Crippen LogP contribution in [0, 0.1) is 5.92 Å². The van der Waals surface area contributed by atoms with Crippen molar-refractivity contribution in [1.29, 1.82) is 0 Å². The van der Waals surface area contributed by atoms with E-state index in [0.717, 1.165) is 60.6 Å². The van der Waals surface area contributed by atoms with Crippen molar-refractivity contribution in [2.45, 2.75) is 20.3 Å². The van der Waals surface area contributed by atoms with E-state index in [9.17, 15) is 4.79 Å². The van der Waals surface area contributed by atoms with Gasteiger partial charge in [-0.05, 0) is 30.5 Å². The molecule has 7 nitrogen and oxygen atoms in total. The Morgan fingerprint density at radius 3 is 2.45 bits per heavy atom. The average molecular weight is 468 g/mol. The van der Waals surface area contributed by atoms with Crippen LogP contribution >= 0.6 is 11.6 Å². The Morgan fingerprint density at radius 2 is 1.76 bits per heavy atom. The van der Waals surface area contributed by atoms with E-state index in [4.69, 9.17) is 16.3 Å². The largest absolute Gasteiger partial charge is 0.495 e. The third-order valence-corrected chi connectivity index (χ3v) is 6.19. The van der Waals surface area contributed by atoms with Gasteiger partial charge in [0.25, 0.3) is 5.91 Å². The predicted molar refractivity (Wildman–Crippen MR) is 134 cm³/mol. The molecule has 1 N–H and O–H groups in total. The maximum absolute atomic E-state index is 12.8.